The van der Waals surface area contributed by atoms with E-state index in [1.54, 1.807) is 0 Å². The minimum atomic E-state index is -0.875. The molecular weight excluding hydrogens is 480 g/mol. The number of carbonyl (C=O) groups is 2. The fourth-order valence-corrected chi connectivity index (χ4v) is 7.37. The van der Waals surface area contributed by atoms with Gasteiger partial charge in [0.25, 0.3) is 0 Å². The third-order valence-electron chi connectivity index (χ3n) is 8.87. The molecule has 2 bridgehead atoms. The topological polar surface area (TPSA) is 49.7 Å². The van der Waals surface area contributed by atoms with E-state index in [0.29, 0.717) is 5.69 Å². The van der Waals surface area contributed by atoms with Crippen LogP contribution in [-0.4, -0.2) is 18.0 Å². The van der Waals surface area contributed by atoms with Crippen molar-refractivity contribution in [3.63, 3.8) is 0 Å². The normalized spacial score (nSPS) is 24.7. The standard InChI is InChI=1S/C35H24N2O2/c38-33-31-30-25-16-6-8-18-27(25)35(28-19-9-7-17-26(28)30,32(31)34(39)37(33)23-13-2-1-3-14-23)21-36-29-20-10-12-22-11-4-5-15-24(22)29/h1-21,30-32H/t30?,31-,32-,35?/m1/s1. The molecule has 0 spiro atoms. The van der Waals surface area contributed by atoms with E-state index in [1.165, 1.54) is 4.90 Å². The zero-order chi connectivity index (χ0) is 26.1. The van der Waals surface area contributed by atoms with Crippen LogP contribution in [0.2, 0.25) is 0 Å². The molecule has 1 fully saturated rings. The van der Waals surface area contributed by atoms with E-state index in [9.17, 15) is 9.59 Å². The summed E-state index contributed by atoms with van der Waals surface area (Å²) in [5.74, 6) is -1.55. The molecule has 1 aliphatic heterocycles. The third-order valence-corrected chi connectivity index (χ3v) is 8.87. The summed E-state index contributed by atoms with van der Waals surface area (Å²) < 4.78 is 0. The van der Waals surface area contributed by atoms with Gasteiger partial charge in [0, 0.05) is 17.5 Å². The minimum absolute atomic E-state index is 0.131. The van der Waals surface area contributed by atoms with Gasteiger partial charge < -0.3 is 0 Å². The molecule has 2 amide bonds. The largest absolute Gasteiger partial charge is 0.274 e. The number of imide groups is 1. The molecule has 2 atom stereocenters. The molecule has 39 heavy (non-hydrogen) atoms. The highest BCUT2D eigenvalue weighted by Crippen LogP contribution is 2.63. The first-order valence-corrected chi connectivity index (χ1v) is 13.3. The lowest BCUT2D eigenvalue weighted by Gasteiger charge is -2.52. The number of nitrogens with zero attached hydrogens (tertiary/aromatic N) is 2. The summed E-state index contributed by atoms with van der Waals surface area (Å²) in [6.45, 7) is 0. The van der Waals surface area contributed by atoms with Crippen LogP contribution in [0.4, 0.5) is 11.4 Å². The maximum Gasteiger partial charge on any atom is 0.239 e. The van der Waals surface area contributed by atoms with Crippen LogP contribution in [0, 0.1) is 11.8 Å². The van der Waals surface area contributed by atoms with Gasteiger partial charge in [0.1, 0.15) is 0 Å². The molecule has 1 heterocycles. The number of anilines is 1. The third kappa shape index (κ3) is 2.86. The van der Waals surface area contributed by atoms with Crippen LogP contribution in [0.25, 0.3) is 10.8 Å². The van der Waals surface area contributed by atoms with E-state index in [1.807, 2.05) is 85.1 Å². The quantitative estimate of drug-likeness (QED) is 0.201. The lowest BCUT2D eigenvalue weighted by molar-refractivity contribution is -0.122. The van der Waals surface area contributed by atoms with Crippen LogP contribution in [0.5, 0.6) is 0 Å². The highest BCUT2D eigenvalue weighted by molar-refractivity contribution is 6.25. The average molecular weight is 505 g/mol. The molecule has 9 rings (SSSR count). The van der Waals surface area contributed by atoms with Crippen molar-refractivity contribution in [1.29, 1.82) is 0 Å². The molecule has 4 nitrogen and oxygen atoms in total. The number of hydrogen-bond donors (Lipinski definition) is 0. The highest BCUT2D eigenvalue weighted by atomic mass is 16.2. The van der Waals surface area contributed by atoms with E-state index in [0.717, 1.165) is 38.7 Å². The Labute approximate surface area is 226 Å². The van der Waals surface area contributed by atoms with Crippen molar-refractivity contribution in [3.8, 4) is 0 Å². The van der Waals surface area contributed by atoms with Crippen molar-refractivity contribution in [1.82, 2.24) is 0 Å². The number of hydrogen-bond acceptors (Lipinski definition) is 3. The first kappa shape index (κ1) is 22.2. The van der Waals surface area contributed by atoms with Gasteiger partial charge in [-0.15, -0.1) is 0 Å². The van der Waals surface area contributed by atoms with Crippen molar-refractivity contribution < 1.29 is 9.59 Å². The summed E-state index contributed by atoms with van der Waals surface area (Å²) in [6, 6.07) is 40.2. The second-order valence-corrected chi connectivity index (χ2v) is 10.6. The Morgan fingerprint density at radius 2 is 1.26 bits per heavy atom. The molecule has 4 heteroatoms. The Bertz CT molecular complexity index is 1790. The Hall–Kier alpha value is -4.83. The van der Waals surface area contributed by atoms with Gasteiger partial charge in [-0.2, -0.15) is 0 Å². The average Bonchev–Trinajstić information content (AvgIpc) is 3.27. The molecule has 5 aromatic rings. The first-order chi connectivity index (χ1) is 19.2. The molecule has 4 aliphatic rings. The zero-order valence-electron chi connectivity index (χ0n) is 21.1. The Kier molecular flexibility index (Phi) is 4.60. The Morgan fingerprint density at radius 1 is 0.641 bits per heavy atom. The van der Waals surface area contributed by atoms with Gasteiger partial charge in [-0.3, -0.25) is 14.6 Å². The molecule has 0 N–H and O–H groups in total. The molecule has 0 radical (unpaired) electrons. The van der Waals surface area contributed by atoms with Crippen LogP contribution in [-0.2, 0) is 15.0 Å². The lowest BCUT2D eigenvalue weighted by atomic mass is 9.47. The first-order valence-electron chi connectivity index (χ1n) is 13.3. The minimum Gasteiger partial charge on any atom is -0.274 e. The summed E-state index contributed by atoms with van der Waals surface area (Å²) in [4.78, 5) is 35.2. The summed E-state index contributed by atoms with van der Waals surface area (Å²) in [6.07, 6.45) is 1.97. The number of carbonyl (C=O) groups excluding carboxylic acids is 2. The summed E-state index contributed by atoms with van der Waals surface area (Å²) >= 11 is 0. The van der Waals surface area contributed by atoms with Gasteiger partial charge in [0.15, 0.2) is 0 Å². The summed E-state index contributed by atoms with van der Waals surface area (Å²) in [5, 5.41) is 2.16. The van der Waals surface area contributed by atoms with Gasteiger partial charge in [-0.05, 0) is 45.8 Å². The van der Waals surface area contributed by atoms with Crippen molar-refractivity contribution in [2.75, 3.05) is 4.90 Å². The number of fused-ring (bicyclic) bond motifs is 1. The van der Waals surface area contributed by atoms with E-state index in [4.69, 9.17) is 4.99 Å². The Morgan fingerprint density at radius 3 is 2.00 bits per heavy atom. The van der Waals surface area contributed by atoms with Gasteiger partial charge in [-0.1, -0.05) is 103 Å². The van der Waals surface area contributed by atoms with Gasteiger partial charge in [0.05, 0.1) is 28.6 Å². The molecule has 0 saturated carbocycles. The van der Waals surface area contributed by atoms with E-state index < -0.39 is 17.3 Å². The van der Waals surface area contributed by atoms with Crippen LogP contribution >= 0.6 is 0 Å². The molecular formula is C35H24N2O2. The van der Waals surface area contributed by atoms with Crippen LogP contribution in [0.3, 0.4) is 0 Å². The monoisotopic (exact) mass is 504 g/mol. The van der Waals surface area contributed by atoms with Crippen LogP contribution < -0.4 is 4.90 Å². The number of para-hydroxylation sites is 1. The van der Waals surface area contributed by atoms with E-state index in [-0.39, 0.29) is 17.7 Å². The smallest absolute Gasteiger partial charge is 0.239 e. The molecule has 1 saturated heterocycles. The SMILES string of the molecule is O=C1[C@@H]2C3c4ccccc4C(C=Nc4cccc5ccccc45)(c4ccccc43)[C@H]2C(=O)N1c1ccccc1. The van der Waals surface area contributed by atoms with E-state index >= 15 is 0 Å². The molecule has 0 unspecified atom stereocenters. The Balaban J connectivity index is 1.42. The van der Waals surface area contributed by atoms with Crippen molar-refractivity contribution >= 4 is 40.2 Å². The second kappa shape index (κ2) is 8.08. The fourth-order valence-electron chi connectivity index (χ4n) is 7.37. The van der Waals surface area contributed by atoms with Crippen molar-refractivity contribution in [2.24, 2.45) is 16.8 Å². The number of benzene rings is 5. The molecule has 186 valence electrons. The fraction of sp³-hybridized carbons (Fsp3) is 0.114. The zero-order valence-corrected chi connectivity index (χ0v) is 21.1. The maximum absolute atomic E-state index is 14.4. The lowest BCUT2D eigenvalue weighted by Crippen LogP contribution is -2.54. The number of rotatable bonds is 3. The van der Waals surface area contributed by atoms with Gasteiger partial charge in [0.2, 0.25) is 11.8 Å². The summed E-state index contributed by atoms with van der Waals surface area (Å²) in [7, 11) is 0. The van der Waals surface area contributed by atoms with Gasteiger partial charge in [-0.25, -0.2) is 4.90 Å². The molecule has 5 aromatic carbocycles. The molecule has 0 aromatic heterocycles. The maximum atomic E-state index is 14.4. The summed E-state index contributed by atoms with van der Waals surface area (Å²) in [5.41, 5.74) is 4.94. The second-order valence-electron chi connectivity index (χ2n) is 10.6. The van der Waals surface area contributed by atoms with Crippen molar-refractivity contribution in [3.05, 3.63) is 144 Å². The van der Waals surface area contributed by atoms with Crippen LogP contribution in [0.15, 0.2) is 126 Å². The predicted octanol–water partition coefficient (Wildman–Crippen LogP) is 6.79. The number of amides is 2. The predicted molar refractivity (Wildman–Crippen MR) is 154 cm³/mol. The van der Waals surface area contributed by atoms with Crippen molar-refractivity contribution in [2.45, 2.75) is 11.3 Å². The van der Waals surface area contributed by atoms with Crippen LogP contribution in [0.1, 0.15) is 28.2 Å². The number of aliphatic imine (C=N–C) groups is 1. The molecule has 3 aliphatic carbocycles. The van der Waals surface area contributed by atoms with Gasteiger partial charge >= 0.3 is 0 Å². The van der Waals surface area contributed by atoms with E-state index in [2.05, 4.69) is 42.5 Å². The highest BCUT2D eigenvalue weighted by Gasteiger charge is 2.67.